The molecule has 2 atom stereocenters. The largest absolute Gasteiger partial charge is 0.370 e. The normalized spacial score (nSPS) is 26.4. The molecule has 1 heterocycles. The summed E-state index contributed by atoms with van der Waals surface area (Å²) >= 11 is 0. The van der Waals surface area contributed by atoms with Crippen LogP contribution in [0.25, 0.3) is 0 Å². The molecule has 0 bridgehead atoms. The number of anilines is 1. The summed E-state index contributed by atoms with van der Waals surface area (Å²) in [4.78, 5) is 9.83. The minimum absolute atomic E-state index is 0.587. The van der Waals surface area contributed by atoms with Crippen molar-refractivity contribution in [3.63, 3.8) is 0 Å². The highest BCUT2D eigenvalue weighted by molar-refractivity contribution is 5.38. The maximum atomic E-state index is 4.99. The predicted octanol–water partition coefficient (Wildman–Crippen LogP) is 4.86. The zero-order chi connectivity index (χ0) is 14.7. The minimum atomic E-state index is 0.587. The molecular formula is C18H29N3. The molecule has 3 rings (SSSR count). The first kappa shape index (κ1) is 14.8. The second kappa shape index (κ2) is 6.76. The van der Waals surface area contributed by atoms with Crippen LogP contribution >= 0.6 is 0 Å². The average molecular weight is 287 g/mol. The van der Waals surface area contributed by atoms with Crippen molar-refractivity contribution in [3.05, 3.63) is 17.6 Å². The number of aromatic nitrogens is 2. The molecule has 21 heavy (non-hydrogen) atoms. The summed E-state index contributed by atoms with van der Waals surface area (Å²) in [5.41, 5.74) is 1.30. The van der Waals surface area contributed by atoms with Gasteiger partial charge in [0.25, 0.3) is 0 Å². The maximum absolute atomic E-state index is 4.99. The third-order valence-electron chi connectivity index (χ3n) is 5.15. The van der Waals surface area contributed by atoms with Crippen LogP contribution < -0.4 is 5.32 Å². The lowest BCUT2D eigenvalue weighted by Crippen LogP contribution is -2.11. The van der Waals surface area contributed by atoms with E-state index in [1.807, 2.05) is 0 Å². The molecule has 1 aromatic rings. The van der Waals surface area contributed by atoms with E-state index in [2.05, 4.69) is 25.2 Å². The zero-order valence-electron chi connectivity index (χ0n) is 13.6. The summed E-state index contributed by atoms with van der Waals surface area (Å²) in [5, 5.41) is 3.48. The number of nitrogens with one attached hydrogen (secondary N) is 1. The number of nitrogens with zero attached hydrogens (tertiary/aromatic N) is 2. The van der Waals surface area contributed by atoms with Gasteiger partial charge < -0.3 is 5.32 Å². The lowest BCUT2D eigenvalue weighted by Gasteiger charge is -2.16. The Bertz CT molecular complexity index is 466. The topological polar surface area (TPSA) is 37.8 Å². The highest BCUT2D eigenvalue weighted by Gasteiger charge is 2.27. The van der Waals surface area contributed by atoms with E-state index in [9.17, 15) is 0 Å². The van der Waals surface area contributed by atoms with Crippen molar-refractivity contribution in [2.24, 2.45) is 5.92 Å². The van der Waals surface area contributed by atoms with Crippen LogP contribution in [0.5, 0.6) is 0 Å². The van der Waals surface area contributed by atoms with Gasteiger partial charge in [-0.3, -0.25) is 0 Å². The van der Waals surface area contributed by atoms with Gasteiger partial charge in [-0.25, -0.2) is 9.97 Å². The van der Waals surface area contributed by atoms with Gasteiger partial charge in [-0.2, -0.15) is 0 Å². The quantitative estimate of drug-likeness (QED) is 0.840. The summed E-state index contributed by atoms with van der Waals surface area (Å²) in [6.45, 7) is 5.56. The Morgan fingerprint density at radius 1 is 1.10 bits per heavy atom. The van der Waals surface area contributed by atoms with Crippen LogP contribution in [0.2, 0.25) is 0 Å². The number of hydrogen-bond acceptors (Lipinski definition) is 3. The van der Waals surface area contributed by atoms with Gasteiger partial charge in [0, 0.05) is 30.1 Å². The number of rotatable bonds is 5. The van der Waals surface area contributed by atoms with Crippen LogP contribution in [0.15, 0.2) is 6.07 Å². The summed E-state index contributed by atoms with van der Waals surface area (Å²) in [5.74, 6) is 4.27. The lowest BCUT2D eigenvalue weighted by atomic mass is 10.0. The third-order valence-corrected chi connectivity index (χ3v) is 5.15. The zero-order valence-corrected chi connectivity index (χ0v) is 13.6. The van der Waals surface area contributed by atoms with E-state index in [4.69, 9.17) is 9.97 Å². The number of hydrogen-bond donors (Lipinski definition) is 1. The molecule has 0 radical (unpaired) electrons. The molecule has 0 spiro atoms. The van der Waals surface area contributed by atoms with Crippen LogP contribution in [0.4, 0.5) is 5.82 Å². The van der Waals surface area contributed by atoms with Crippen molar-refractivity contribution in [1.29, 1.82) is 0 Å². The standard InChI is InChI=1S/C18H29N3/c1-3-10-19-17-12-16(14-6-4-5-7-14)20-18(21-17)15-9-8-13(2)11-15/h12-15H,3-11H2,1-2H3,(H,19,20,21). The first-order valence-electron chi connectivity index (χ1n) is 8.89. The van der Waals surface area contributed by atoms with E-state index in [1.165, 1.54) is 50.6 Å². The van der Waals surface area contributed by atoms with Gasteiger partial charge in [-0.15, -0.1) is 0 Å². The Morgan fingerprint density at radius 2 is 1.90 bits per heavy atom. The van der Waals surface area contributed by atoms with Crippen molar-refractivity contribution in [1.82, 2.24) is 9.97 Å². The molecule has 116 valence electrons. The Balaban J connectivity index is 1.84. The molecule has 2 unspecified atom stereocenters. The fraction of sp³-hybridized carbons (Fsp3) is 0.778. The van der Waals surface area contributed by atoms with Crippen molar-refractivity contribution in [2.75, 3.05) is 11.9 Å². The molecule has 2 aliphatic carbocycles. The second-order valence-electron chi connectivity index (χ2n) is 7.06. The first-order chi connectivity index (χ1) is 10.3. The van der Waals surface area contributed by atoms with Crippen LogP contribution in [-0.4, -0.2) is 16.5 Å². The van der Waals surface area contributed by atoms with Gasteiger partial charge >= 0.3 is 0 Å². The molecule has 2 aliphatic rings. The Morgan fingerprint density at radius 3 is 2.57 bits per heavy atom. The van der Waals surface area contributed by atoms with Crippen LogP contribution in [0, 0.1) is 5.92 Å². The van der Waals surface area contributed by atoms with E-state index in [1.54, 1.807) is 0 Å². The molecule has 0 aliphatic heterocycles. The molecule has 3 nitrogen and oxygen atoms in total. The first-order valence-corrected chi connectivity index (χ1v) is 8.89. The van der Waals surface area contributed by atoms with E-state index in [0.29, 0.717) is 11.8 Å². The molecule has 0 amide bonds. The van der Waals surface area contributed by atoms with Crippen molar-refractivity contribution in [3.8, 4) is 0 Å². The van der Waals surface area contributed by atoms with Crippen molar-refractivity contribution in [2.45, 2.75) is 77.0 Å². The molecule has 1 N–H and O–H groups in total. The Hall–Kier alpha value is -1.12. The third kappa shape index (κ3) is 3.56. The average Bonchev–Trinajstić information content (AvgIpc) is 3.16. The second-order valence-corrected chi connectivity index (χ2v) is 7.06. The van der Waals surface area contributed by atoms with Gasteiger partial charge in [0.2, 0.25) is 0 Å². The fourth-order valence-electron chi connectivity index (χ4n) is 3.88. The van der Waals surface area contributed by atoms with E-state index in [0.717, 1.165) is 30.5 Å². The summed E-state index contributed by atoms with van der Waals surface area (Å²) in [6, 6.07) is 2.22. The highest BCUT2D eigenvalue weighted by atomic mass is 15.0. The summed E-state index contributed by atoms with van der Waals surface area (Å²) < 4.78 is 0. The lowest BCUT2D eigenvalue weighted by molar-refractivity contribution is 0.580. The SMILES string of the molecule is CCCNc1cc(C2CCCC2)nc(C2CCC(C)C2)n1. The van der Waals surface area contributed by atoms with Crippen molar-refractivity contribution < 1.29 is 0 Å². The van der Waals surface area contributed by atoms with Gasteiger partial charge in [0.15, 0.2) is 0 Å². The van der Waals surface area contributed by atoms with Crippen LogP contribution in [-0.2, 0) is 0 Å². The molecule has 2 fully saturated rings. The minimum Gasteiger partial charge on any atom is -0.370 e. The fourth-order valence-corrected chi connectivity index (χ4v) is 3.88. The molecular weight excluding hydrogens is 258 g/mol. The molecule has 2 saturated carbocycles. The maximum Gasteiger partial charge on any atom is 0.134 e. The van der Waals surface area contributed by atoms with Crippen LogP contribution in [0.1, 0.15) is 88.6 Å². The highest BCUT2D eigenvalue weighted by Crippen LogP contribution is 2.39. The smallest absolute Gasteiger partial charge is 0.134 e. The predicted molar refractivity (Wildman–Crippen MR) is 87.8 cm³/mol. The molecule has 3 heteroatoms. The van der Waals surface area contributed by atoms with Crippen LogP contribution in [0.3, 0.4) is 0 Å². The van der Waals surface area contributed by atoms with E-state index >= 15 is 0 Å². The van der Waals surface area contributed by atoms with Gasteiger partial charge in [0.1, 0.15) is 11.6 Å². The van der Waals surface area contributed by atoms with E-state index in [-0.39, 0.29) is 0 Å². The molecule has 0 aromatic carbocycles. The van der Waals surface area contributed by atoms with Gasteiger partial charge in [0.05, 0.1) is 0 Å². The molecule has 0 saturated heterocycles. The summed E-state index contributed by atoms with van der Waals surface area (Å²) in [6.07, 6.45) is 10.3. The van der Waals surface area contributed by atoms with Gasteiger partial charge in [-0.1, -0.05) is 26.7 Å². The van der Waals surface area contributed by atoms with Crippen molar-refractivity contribution >= 4 is 5.82 Å². The van der Waals surface area contributed by atoms with E-state index < -0.39 is 0 Å². The Kier molecular flexibility index (Phi) is 4.77. The summed E-state index contributed by atoms with van der Waals surface area (Å²) in [7, 11) is 0. The molecule has 1 aromatic heterocycles. The monoisotopic (exact) mass is 287 g/mol. The Labute approximate surface area is 129 Å². The van der Waals surface area contributed by atoms with Gasteiger partial charge in [-0.05, 0) is 44.4 Å².